The van der Waals surface area contributed by atoms with Gasteiger partial charge in [-0.2, -0.15) is 0 Å². The molecule has 5 nitrogen and oxygen atoms in total. The molecule has 2 rings (SSSR count). The number of carbonyl (C=O) groups excluding carboxylic acids is 1. The molecule has 22 heavy (non-hydrogen) atoms. The van der Waals surface area contributed by atoms with E-state index in [1.807, 2.05) is 4.90 Å². The van der Waals surface area contributed by atoms with Crippen LogP contribution in [0.3, 0.4) is 0 Å². The number of rotatable bonds is 4. The quantitative estimate of drug-likeness (QED) is 0.860. The smallest absolute Gasteiger partial charge is 0.257 e. The Labute approximate surface area is 136 Å². The van der Waals surface area contributed by atoms with Crippen molar-refractivity contribution >= 4 is 23.2 Å². The maximum atomic E-state index is 12.2. The summed E-state index contributed by atoms with van der Waals surface area (Å²) in [4.78, 5) is 14.1. The number of morpholine rings is 1. The zero-order valence-electron chi connectivity index (χ0n) is 13.0. The summed E-state index contributed by atoms with van der Waals surface area (Å²) < 4.78 is 10.9. The Morgan fingerprint density at radius 2 is 1.95 bits per heavy atom. The summed E-state index contributed by atoms with van der Waals surface area (Å²) in [6.07, 6.45) is 0. The summed E-state index contributed by atoms with van der Waals surface area (Å²) in [5.74, 6) is 1.03. The Hall–Kier alpha value is -1.66. The summed E-state index contributed by atoms with van der Waals surface area (Å²) in [6.45, 7) is 7.54. The Morgan fingerprint density at radius 1 is 1.32 bits per heavy atom. The number of hydrogen-bond donors (Lipinski definition) is 1. The number of nitrogens with one attached hydrogen (secondary N) is 1. The van der Waals surface area contributed by atoms with Crippen molar-refractivity contribution < 1.29 is 14.3 Å². The van der Waals surface area contributed by atoms with Gasteiger partial charge in [0.1, 0.15) is 5.75 Å². The third-order valence-corrected chi connectivity index (χ3v) is 3.58. The lowest BCUT2D eigenvalue weighted by atomic mass is 10.2. The van der Waals surface area contributed by atoms with Crippen molar-refractivity contribution in [2.75, 3.05) is 32.9 Å². The van der Waals surface area contributed by atoms with Crippen LogP contribution < -0.4 is 10.1 Å². The van der Waals surface area contributed by atoms with Gasteiger partial charge in [-0.1, -0.05) is 13.8 Å². The highest BCUT2D eigenvalue weighted by Gasteiger charge is 2.16. The molecule has 1 fully saturated rings. The van der Waals surface area contributed by atoms with E-state index < -0.39 is 0 Å². The van der Waals surface area contributed by atoms with E-state index in [9.17, 15) is 4.79 Å². The van der Waals surface area contributed by atoms with E-state index in [1.54, 1.807) is 24.3 Å². The zero-order chi connectivity index (χ0) is 15.9. The molecule has 1 aliphatic heterocycles. The van der Waals surface area contributed by atoms with Crippen LogP contribution in [0.1, 0.15) is 24.2 Å². The molecule has 0 bridgehead atoms. The molecule has 0 saturated carbocycles. The lowest BCUT2D eigenvalue weighted by Crippen LogP contribution is -2.47. The Balaban J connectivity index is 1.87. The number of amides is 1. The van der Waals surface area contributed by atoms with Crippen LogP contribution in [0.4, 0.5) is 0 Å². The molecular formula is C16H22N2O3S. The number of benzene rings is 1. The molecule has 1 N–H and O–H groups in total. The molecule has 6 heteroatoms. The number of carbonyl (C=O) groups is 1. The zero-order valence-corrected chi connectivity index (χ0v) is 13.8. The molecule has 0 aliphatic carbocycles. The van der Waals surface area contributed by atoms with Gasteiger partial charge < -0.3 is 14.4 Å². The molecule has 1 heterocycles. The third-order valence-electron chi connectivity index (χ3n) is 3.22. The molecule has 0 unspecified atom stereocenters. The first kappa shape index (κ1) is 16.7. The van der Waals surface area contributed by atoms with Gasteiger partial charge in [0.2, 0.25) is 0 Å². The summed E-state index contributed by atoms with van der Waals surface area (Å²) in [7, 11) is 0. The summed E-state index contributed by atoms with van der Waals surface area (Å²) in [5.41, 5.74) is 0.563. The van der Waals surface area contributed by atoms with Crippen molar-refractivity contribution in [2.24, 2.45) is 5.92 Å². The van der Waals surface area contributed by atoms with Crippen LogP contribution in [0.25, 0.3) is 0 Å². The molecule has 1 aliphatic rings. The molecule has 0 aromatic heterocycles. The van der Waals surface area contributed by atoms with Gasteiger partial charge in [-0.15, -0.1) is 0 Å². The van der Waals surface area contributed by atoms with Crippen LogP contribution in [-0.4, -0.2) is 48.8 Å². The van der Waals surface area contributed by atoms with Crippen LogP contribution in [0.2, 0.25) is 0 Å². The number of hydrogen-bond acceptors (Lipinski definition) is 4. The topological polar surface area (TPSA) is 50.8 Å². The van der Waals surface area contributed by atoms with Crippen molar-refractivity contribution in [3.8, 4) is 5.75 Å². The highest BCUT2D eigenvalue weighted by Crippen LogP contribution is 2.13. The fourth-order valence-corrected chi connectivity index (χ4v) is 2.26. The highest BCUT2D eigenvalue weighted by atomic mass is 32.1. The van der Waals surface area contributed by atoms with E-state index in [4.69, 9.17) is 21.7 Å². The predicted molar refractivity (Wildman–Crippen MR) is 89.2 cm³/mol. The van der Waals surface area contributed by atoms with Crippen LogP contribution >= 0.6 is 12.2 Å². The molecule has 120 valence electrons. The van der Waals surface area contributed by atoms with Crippen molar-refractivity contribution in [1.82, 2.24) is 10.2 Å². The minimum Gasteiger partial charge on any atom is -0.493 e. The van der Waals surface area contributed by atoms with Gasteiger partial charge >= 0.3 is 0 Å². The molecule has 0 atom stereocenters. The SMILES string of the molecule is CC(C)COc1ccc(C(=O)NC(=S)N2CCOCC2)cc1. The molecule has 0 radical (unpaired) electrons. The summed E-state index contributed by atoms with van der Waals surface area (Å²) in [6, 6.07) is 7.09. The lowest BCUT2D eigenvalue weighted by Gasteiger charge is -2.28. The number of thiocarbonyl (C=S) groups is 1. The van der Waals surface area contributed by atoms with E-state index in [-0.39, 0.29) is 5.91 Å². The van der Waals surface area contributed by atoms with Gasteiger partial charge in [-0.3, -0.25) is 10.1 Å². The van der Waals surface area contributed by atoms with E-state index in [2.05, 4.69) is 19.2 Å². The second-order valence-electron chi connectivity index (χ2n) is 5.59. The normalized spacial score (nSPS) is 14.8. The summed E-state index contributed by atoms with van der Waals surface area (Å²) >= 11 is 5.26. The molecule has 1 aromatic carbocycles. The fourth-order valence-electron chi connectivity index (χ4n) is 1.98. The van der Waals surface area contributed by atoms with Gasteiger partial charge in [0.25, 0.3) is 5.91 Å². The van der Waals surface area contributed by atoms with Crippen molar-refractivity contribution in [2.45, 2.75) is 13.8 Å². The second-order valence-corrected chi connectivity index (χ2v) is 5.97. The summed E-state index contributed by atoms with van der Waals surface area (Å²) in [5, 5.41) is 3.21. The average molecular weight is 322 g/mol. The van der Waals surface area contributed by atoms with Gasteiger partial charge in [0.15, 0.2) is 5.11 Å². The third kappa shape index (κ3) is 4.96. The number of nitrogens with zero attached hydrogens (tertiary/aromatic N) is 1. The van der Waals surface area contributed by atoms with Crippen molar-refractivity contribution in [3.05, 3.63) is 29.8 Å². The monoisotopic (exact) mass is 322 g/mol. The fraction of sp³-hybridized carbons (Fsp3) is 0.500. The number of ether oxygens (including phenoxy) is 2. The molecule has 0 spiro atoms. The van der Waals surface area contributed by atoms with Crippen LogP contribution in [0.5, 0.6) is 5.75 Å². The minimum absolute atomic E-state index is 0.202. The van der Waals surface area contributed by atoms with Gasteiger partial charge in [-0.25, -0.2) is 0 Å². The Morgan fingerprint density at radius 3 is 2.55 bits per heavy atom. The lowest BCUT2D eigenvalue weighted by molar-refractivity contribution is 0.0669. The molecule has 1 saturated heterocycles. The largest absolute Gasteiger partial charge is 0.493 e. The van der Waals surface area contributed by atoms with Crippen LogP contribution in [-0.2, 0) is 4.74 Å². The Bertz CT molecular complexity index is 511. The maximum Gasteiger partial charge on any atom is 0.257 e. The van der Waals surface area contributed by atoms with Crippen molar-refractivity contribution in [1.29, 1.82) is 0 Å². The predicted octanol–water partition coefficient (Wildman–Crippen LogP) is 2.07. The average Bonchev–Trinajstić information content (AvgIpc) is 2.54. The van der Waals surface area contributed by atoms with E-state index in [1.165, 1.54) is 0 Å². The minimum atomic E-state index is -0.202. The first-order valence-corrected chi connectivity index (χ1v) is 7.88. The molecular weight excluding hydrogens is 300 g/mol. The van der Waals surface area contributed by atoms with Gasteiger partial charge in [-0.05, 0) is 42.4 Å². The van der Waals surface area contributed by atoms with E-state index >= 15 is 0 Å². The first-order valence-electron chi connectivity index (χ1n) is 7.47. The maximum absolute atomic E-state index is 12.2. The van der Waals surface area contributed by atoms with E-state index in [0.717, 1.165) is 5.75 Å². The highest BCUT2D eigenvalue weighted by molar-refractivity contribution is 7.80. The first-order chi connectivity index (χ1) is 10.6. The molecule has 1 aromatic rings. The van der Waals surface area contributed by atoms with Crippen LogP contribution in [0.15, 0.2) is 24.3 Å². The second kappa shape index (κ2) is 8.10. The van der Waals surface area contributed by atoms with Gasteiger partial charge in [0, 0.05) is 18.7 Å². The van der Waals surface area contributed by atoms with Crippen LogP contribution in [0, 0.1) is 5.92 Å². The standard InChI is InChI=1S/C16H22N2O3S/c1-12(2)11-21-14-5-3-13(4-6-14)15(19)17-16(22)18-7-9-20-10-8-18/h3-6,12H,7-11H2,1-2H3,(H,17,19,22). The van der Waals surface area contributed by atoms with E-state index in [0.29, 0.717) is 49.5 Å². The van der Waals surface area contributed by atoms with Gasteiger partial charge in [0.05, 0.1) is 19.8 Å². The molecule has 1 amide bonds. The van der Waals surface area contributed by atoms with Crippen molar-refractivity contribution in [3.63, 3.8) is 0 Å². The Kier molecular flexibility index (Phi) is 6.15.